The predicted molar refractivity (Wildman–Crippen MR) is 468 cm³/mol. The summed E-state index contributed by atoms with van der Waals surface area (Å²) in [7, 11) is 6.43. The molecule has 22 atom stereocenters. The fourth-order valence-electron chi connectivity index (χ4n) is 11.8. The maximum Gasteiger partial charge on any atom is 0.308 e. The fourth-order valence-corrected chi connectivity index (χ4v) is 21.7. The van der Waals surface area contributed by atoms with Gasteiger partial charge < -0.3 is 88.6 Å². The van der Waals surface area contributed by atoms with Crippen molar-refractivity contribution in [1.82, 2.24) is 9.34 Å². The van der Waals surface area contributed by atoms with E-state index in [1.54, 1.807) is 68.2 Å². The largest absolute Gasteiger partial charge is 0.459 e. The Morgan fingerprint density at radius 2 is 0.730 bits per heavy atom. The minimum Gasteiger partial charge on any atom is -0.459 e. The Morgan fingerprint density at radius 1 is 0.470 bits per heavy atom. The lowest BCUT2D eigenvalue weighted by Crippen LogP contribution is -2.46. The van der Waals surface area contributed by atoms with Crippen LogP contribution in [0.25, 0.3) is 0 Å². The van der Waals surface area contributed by atoms with Gasteiger partial charge in [0.25, 0.3) is 17.1 Å². The molecule has 0 aromatic heterocycles. The monoisotopic (exact) mass is 1770 g/mol. The van der Waals surface area contributed by atoms with Crippen LogP contribution in [0.15, 0.2) is 0 Å². The second-order valence-electron chi connectivity index (χ2n) is 37.4. The van der Waals surface area contributed by atoms with Gasteiger partial charge >= 0.3 is 17.9 Å². The van der Waals surface area contributed by atoms with Crippen LogP contribution >= 0.6 is 45.6 Å². The molecule has 0 aromatic carbocycles. The standard InChI is InChI=1S/C22H41BN2O6P2.C21H38BFN2O6P2.C19H38BO5PSi.C14H30BO5PSi/c1-14(2)22(26)30-20(17(7)33(8,9)27)18-13-19(21(23)29-18)31-32(28-12-10-11-24)25(15(3)4)16(5)6;1-13(2)21(26)30-18(20(23)33(7,8)27)16-12-17(19(22)29-16)31-32(28-11-9-10-24)25(14(3)4)15(5)6;1-12(2)18(21)24-16(13(3)26(7,8)22)14-11-15(17(20)23-14)25-27(9,10)19(4,5)6;1-14(2,3)22(6,7)20-10-8-9(19-12(10)15)11(16)13(17)21(4,5)18/h14-21H,10,12-13H2,1-9H3;13-20H,9,11-12H2,1-8H3;12-17H,11H2,1-10H3;9-13,16-17H,8H2,1-7H3/t17?,18-,19-,20?,21+,32?;16-,17-,18?,19+,20?,32?;13?,14-,15-,16?,17+;9-,10-,11?,12+,13?/m0000/s1. The average molecular weight is 1770 g/mol. The summed E-state index contributed by atoms with van der Waals surface area (Å²) in [5.41, 5.74) is -0.712. The van der Waals surface area contributed by atoms with Crippen molar-refractivity contribution in [2.24, 2.45) is 17.8 Å². The summed E-state index contributed by atoms with van der Waals surface area (Å²) >= 11 is 0. The molecule has 0 amide bonds. The van der Waals surface area contributed by atoms with Gasteiger partial charge in [-0.3, -0.25) is 14.4 Å². The molecule has 4 saturated heterocycles. The van der Waals surface area contributed by atoms with Crippen molar-refractivity contribution >= 4 is 112 Å². The van der Waals surface area contributed by atoms with Crippen LogP contribution in [0.4, 0.5) is 4.39 Å². The Bertz CT molecular complexity index is 3130. The second-order valence-corrected chi connectivity index (χ2v) is 63.8. The van der Waals surface area contributed by atoms with Gasteiger partial charge in [0.05, 0.1) is 119 Å². The van der Waals surface area contributed by atoms with E-state index < -0.39 is 177 Å². The van der Waals surface area contributed by atoms with Crippen LogP contribution in [0.5, 0.6) is 0 Å². The molecule has 0 saturated carbocycles. The zero-order valence-electron chi connectivity index (χ0n) is 76.0. The Labute approximate surface area is 702 Å². The van der Waals surface area contributed by atoms with E-state index in [4.69, 9.17) is 102 Å². The molecule has 0 aromatic rings. The van der Waals surface area contributed by atoms with Crippen LogP contribution in [0, 0.1) is 40.4 Å². The molecule has 0 aliphatic carbocycles. The number of alkyl halides is 1. The third-order valence-corrected chi connectivity index (χ3v) is 42.2. The molecule has 39 heteroatoms. The number of ether oxygens (including phenoxy) is 7. The lowest BCUT2D eigenvalue weighted by atomic mass is 9.94. The minimum atomic E-state index is -3.24. The summed E-state index contributed by atoms with van der Waals surface area (Å²) in [5.74, 6) is -5.55. The molecule has 4 aliphatic heterocycles. The maximum absolute atomic E-state index is 15.2. The first-order valence-electron chi connectivity index (χ1n) is 40.3. The van der Waals surface area contributed by atoms with E-state index in [0.29, 0.717) is 19.3 Å². The van der Waals surface area contributed by atoms with Gasteiger partial charge in [0.2, 0.25) is 0 Å². The van der Waals surface area contributed by atoms with E-state index in [0.717, 1.165) is 0 Å². The molecule has 115 heavy (non-hydrogen) atoms. The Kier molecular flexibility index (Phi) is 46.9. The van der Waals surface area contributed by atoms with Crippen molar-refractivity contribution in [3.63, 3.8) is 0 Å². The number of carbonyl (C=O) groups is 3. The van der Waals surface area contributed by atoms with Gasteiger partial charge in [0.15, 0.2) is 28.7 Å². The molecule has 10 unspecified atom stereocenters. The van der Waals surface area contributed by atoms with E-state index in [1.807, 2.05) is 52.3 Å². The minimum absolute atomic E-state index is 0.0471. The molecule has 0 bridgehead atoms. The van der Waals surface area contributed by atoms with Crippen LogP contribution in [-0.2, 0) is 92.7 Å². The normalized spacial score (nSPS) is 26.1. The number of halogens is 1. The highest BCUT2D eigenvalue weighted by Crippen LogP contribution is 2.55. The van der Waals surface area contributed by atoms with Gasteiger partial charge in [-0.05, 0) is 145 Å². The number of carbonyl (C=O) groups excluding carboxylic acids is 3. The van der Waals surface area contributed by atoms with Crippen molar-refractivity contribution in [3.05, 3.63) is 0 Å². The van der Waals surface area contributed by atoms with Gasteiger partial charge in [-0.25, -0.2) is 13.7 Å². The van der Waals surface area contributed by atoms with Crippen molar-refractivity contribution in [2.45, 2.75) is 372 Å². The summed E-state index contributed by atoms with van der Waals surface area (Å²) in [5, 5.41) is 38.1. The molecule has 4 heterocycles. The summed E-state index contributed by atoms with van der Waals surface area (Å²) in [6.45, 7) is 64.6. The Balaban J connectivity index is 0.000000775. The second kappa shape index (κ2) is 48.1. The van der Waals surface area contributed by atoms with Gasteiger partial charge in [-0.2, -0.15) is 10.5 Å². The van der Waals surface area contributed by atoms with Crippen molar-refractivity contribution in [1.29, 1.82) is 10.5 Å². The summed E-state index contributed by atoms with van der Waals surface area (Å²) in [6, 6.07) is 1.73. The number of aliphatic hydroxyl groups is 2. The van der Waals surface area contributed by atoms with Gasteiger partial charge in [0.1, 0.15) is 69.8 Å². The van der Waals surface area contributed by atoms with Gasteiger partial charge in [0, 0.05) is 85.2 Å². The van der Waals surface area contributed by atoms with Crippen molar-refractivity contribution in [3.8, 4) is 12.1 Å². The van der Waals surface area contributed by atoms with E-state index in [1.165, 1.54) is 26.7 Å². The molecule has 660 valence electrons. The van der Waals surface area contributed by atoms with E-state index in [-0.39, 0.29) is 108 Å². The lowest BCUT2D eigenvalue weighted by Gasteiger charge is -2.39. The SMILES string of the molecule is [B][C@@H]1O[C@H](C(O)C(O)P(C)(C)=O)C[C@@H]1O[Si](C)(C)C(C)(C)C.[B][C@@H]1O[C@H](C(OC(=O)C(C)C)C(C)P(C)(C)=O)C[C@@H]1OP(OCCC#N)N(C(C)C)C(C)C.[B][C@@H]1O[C@H](C(OC(=O)C(C)C)C(C)P(C)(C)=O)C[C@@H]1O[Si](C)(C)C(C)(C)C.[B][C@@H]1O[C@H](C(OC(=O)C(C)C)C(F)P(C)(C)=O)C[C@@H]1OP(OCCC#N)N(C(C)C)C(C)C. The van der Waals surface area contributed by atoms with Crippen molar-refractivity contribution in [2.75, 3.05) is 66.5 Å². The highest BCUT2D eigenvalue weighted by atomic mass is 31.2. The third-order valence-electron chi connectivity index (χ3n) is 21.3. The summed E-state index contributed by atoms with van der Waals surface area (Å²) in [4.78, 5) is 36.9. The molecule has 4 fully saturated rings. The number of nitriles is 2. The average Bonchev–Trinajstić information content (AvgIpc) is 1.71. The first-order chi connectivity index (χ1) is 52.0. The molecule has 0 spiro atoms. The maximum atomic E-state index is 15.2. The molecule has 8 radical (unpaired) electrons. The lowest BCUT2D eigenvalue weighted by molar-refractivity contribution is -0.163. The van der Waals surface area contributed by atoms with E-state index in [9.17, 15) is 42.9 Å². The van der Waals surface area contributed by atoms with Gasteiger partial charge in [-0.15, -0.1) is 0 Å². The van der Waals surface area contributed by atoms with Crippen LogP contribution in [0.1, 0.15) is 191 Å². The van der Waals surface area contributed by atoms with E-state index >= 15 is 4.39 Å². The van der Waals surface area contributed by atoms with Crippen molar-refractivity contribution < 1.29 is 107 Å². The highest BCUT2D eigenvalue weighted by molar-refractivity contribution is 7.64. The zero-order chi connectivity index (χ0) is 89.9. The molecule has 4 aliphatic rings. The molecule has 26 nitrogen and oxygen atoms in total. The number of rotatable bonds is 38. The van der Waals surface area contributed by atoms with Crippen LogP contribution in [-0.4, -0.2) is 297 Å². The number of hydrogen-bond acceptors (Lipinski definition) is 26. The molecular weight excluding hydrogens is 1630 g/mol. The van der Waals surface area contributed by atoms with E-state index in [2.05, 4.69) is 106 Å². The third kappa shape index (κ3) is 36.0. The smallest absolute Gasteiger partial charge is 0.308 e. The Hall–Kier alpha value is -0.766. The molecular formula is C76H147B4FN4O22P6Si2. The number of aliphatic hydroxyl groups excluding tert-OH is 2. The number of hydrogen-bond donors (Lipinski definition) is 2. The quantitative estimate of drug-likeness (QED) is 0.0191. The summed E-state index contributed by atoms with van der Waals surface area (Å²) < 4.78 is 147. The van der Waals surface area contributed by atoms with Crippen LogP contribution in [0.2, 0.25) is 36.3 Å². The molecule has 4 rings (SSSR count). The first kappa shape index (κ1) is 112. The first-order valence-corrected chi connectivity index (χ1v) is 59.1. The van der Waals surface area contributed by atoms with Crippen LogP contribution < -0.4 is 0 Å². The van der Waals surface area contributed by atoms with Crippen LogP contribution in [0.3, 0.4) is 0 Å². The number of nitrogens with zero attached hydrogens (tertiary/aromatic N) is 4. The summed E-state index contributed by atoms with van der Waals surface area (Å²) in [6.07, 6.45) is -6.23. The number of esters is 3. The fraction of sp³-hybridized carbons (Fsp3) is 0.934. The topological polar surface area (TPSA) is 334 Å². The highest BCUT2D eigenvalue weighted by Gasteiger charge is 2.53. The molecule has 2 N–H and O–H groups in total. The Morgan fingerprint density at radius 3 is 0.983 bits per heavy atom. The van der Waals surface area contributed by atoms with Gasteiger partial charge in [-0.1, -0.05) is 96.9 Å². The predicted octanol–water partition coefficient (Wildman–Crippen LogP) is 15.1. The zero-order valence-corrected chi connectivity index (χ0v) is 83.3.